The number of ether oxygens (including phenoxy) is 1. The molecule has 0 bridgehead atoms. The van der Waals surface area contributed by atoms with Gasteiger partial charge in [0.25, 0.3) is 5.91 Å². The van der Waals surface area contributed by atoms with Gasteiger partial charge in [-0.15, -0.1) is 0 Å². The molecule has 1 atom stereocenters. The molecule has 1 saturated carbocycles. The number of aliphatic hydroxyl groups is 1. The van der Waals surface area contributed by atoms with Gasteiger partial charge in [0.2, 0.25) is 0 Å². The van der Waals surface area contributed by atoms with Gasteiger partial charge in [-0.1, -0.05) is 31.4 Å². The number of hydrogen-bond acceptors (Lipinski definition) is 4. The van der Waals surface area contributed by atoms with Gasteiger partial charge < -0.3 is 20.5 Å². The van der Waals surface area contributed by atoms with Crippen LogP contribution in [-0.2, 0) is 4.79 Å². The van der Waals surface area contributed by atoms with E-state index in [4.69, 9.17) is 4.74 Å². The maximum atomic E-state index is 12.5. The number of rotatable bonds is 3. The highest BCUT2D eigenvalue weighted by atomic mass is 16.5. The molecule has 0 radical (unpaired) electrons. The van der Waals surface area contributed by atoms with E-state index in [0.717, 1.165) is 31.4 Å². The standard InChI is InChI=1S/C16H22N2O3/c19-11-16(8-4-1-5-9-16)18-15(20)14-10-17-12-6-2-3-7-13(12)21-14/h2-3,6-7,14,17,19H,1,4-5,8-11H2,(H,18,20). The summed E-state index contributed by atoms with van der Waals surface area (Å²) in [6.45, 7) is 0.444. The van der Waals surface area contributed by atoms with Crippen molar-refractivity contribution in [3.8, 4) is 5.75 Å². The Labute approximate surface area is 124 Å². The summed E-state index contributed by atoms with van der Waals surface area (Å²) < 4.78 is 5.77. The topological polar surface area (TPSA) is 70.6 Å². The smallest absolute Gasteiger partial charge is 0.263 e. The Hall–Kier alpha value is -1.75. The van der Waals surface area contributed by atoms with Crippen LogP contribution in [0.5, 0.6) is 5.75 Å². The van der Waals surface area contributed by atoms with Crippen LogP contribution < -0.4 is 15.4 Å². The second kappa shape index (κ2) is 5.93. The zero-order valence-electron chi connectivity index (χ0n) is 12.1. The van der Waals surface area contributed by atoms with E-state index < -0.39 is 11.6 Å². The summed E-state index contributed by atoms with van der Waals surface area (Å²) in [5.74, 6) is 0.554. The molecule has 114 valence electrons. The van der Waals surface area contributed by atoms with Gasteiger partial charge in [-0.3, -0.25) is 4.79 Å². The van der Waals surface area contributed by atoms with Gasteiger partial charge in [0.15, 0.2) is 6.10 Å². The summed E-state index contributed by atoms with van der Waals surface area (Å²) in [6.07, 6.45) is 4.40. The fourth-order valence-corrected chi connectivity index (χ4v) is 3.15. The average molecular weight is 290 g/mol. The first-order chi connectivity index (χ1) is 10.2. The fraction of sp³-hybridized carbons (Fsp3) is 0.562. The second-order valence-electron chi connectivity index (χ2n) is 5.97. The highest BCUT2D eigenvalue weighted by Crippen LogP contribution is 2.30. The van der Waals surface area contributed by atoms with Gasteiger partial charge >= 0.3 is 0 Å². The molecule has 1 amide bonds. The third-order valence-electron chi connectivity index (χ3n) is 4.43. The first-order valence-corrected chi connectivity index (χ1v) is 7.65. The number of benzene rings is 1. The number of aliphatic hydroxyl groups excluding tert-OH is 1. The molecule has 1 aromatic rings. The zero-order chi connectivity index (χ0) is 14.7. The Bertz CT molecular complexity index is 512. The van der Waals surface area contributed by atoms with E-state index in [1.165, 1.54) is 6.42 Å². The number of carbonyl (C=O) groups excluding carboxylic acids is 1. The van der Waals surface area contributed by atoms with Crippen molar-refractivity contribution in [1.29, 1.82) is 0 Å². The molecule has 2 aliphatic rings. The van der Waals surface area contributed by atoms with Crippen LogP contribution in [0.4, 0.5) is 5.69 Å². The summed E-state index contributed by atoms with van der Waals surface area (Å²) in [4.78, 5) is 12.5. The summed E-state index contributed by atoms with van der Waals surface area (Å²) in [6, 6.07) is 7.60. The molecule has 1 aliphatic carbocycles. The van der Waals surface area contributed by atoms with Crippen LogP contribution in [0.3, 0.4) is 0 Å². The van der Waals surface area contributed by atoms with Crippen LogP contribution in [-0.4, -0.2) is 35.8 Å². The maximum absolute atomic E-state index is 12.5. The van der Waals surface area contributed by atoms with Crippen LogP contribution in [0.25, 0.3) is 0 Å². The van der Waals surface area contributed by atoms with Crippen molar-refractivity contribution in [3.63, 3.8) is 0 Å². The lowest BCUT2D eigenvalue weighted by atomic mass is 9.82. The normalized spacial score (nSPS) is 23.4. The van der Waals surface area contributed by atoms with E-state index in [1.54, 1.807) is 0 Å². The molecule has 5 nitrogen and oxygen atoms in total. The van der Waals surface area contributed by atoms with Gasteiger partial charge in [0, 0.05) is 0 Å². The Morgan fingerprint density at radius 2 is 2.10 bits per heavy atom. The fourth-order valence-electron chi connectivity index (χ4n) is 3.15. The Kier molecular flexibility index (Phi) is 4.01. The molecule has 1 aromatic carbocycles. The highest BCUT2D eigenvalue weighted by Gasteiger charge is 2.36. The van der Waals surface area contributed by atoms with Crippen molar-refractivity contribution in [2.45, 2.75) is 43.7 Å². The molecule has 5 heteroatoms. The van der Waals surface area contributed by atoms with E-state index in [-0.39, 0.29) is 12.5 Å². The van der Waals surface area contributed by atoms with Crippen molar-refractivity contribution in [2.24, 2.45) is 0 Å². The summed E-state index contributed by atoms with van der Waals surface area (Å²) in [5.41, 5.74) is 0.450. The number of amides is 1. The Morgan fingerprint density at radius 1 is 1.33 bits per heavy atom. The lowest BCUT2D eigenvalue weighted by molar-refractivity contribution is -0.130. The lowest BCUT2D eigenvalue weighted by Gasteiger charge is -2.38. The molecular formula is C16H22N2O3. The van der Waals surface area contributed by atoms with Crippen molar-refractivity contribution in [3.05, 3.63) is 24.3 Å². The summed E-state index contributed by atoms with van der Waals surface area (Å²) in [7, 11) is 0. The molecule has 3 N–H and O–H groups in total. The van der Waals surface area contributed by atoms with Crippen molar-refractivity contribution >= 4 is 11.6 Å². The average Bonchev–Trinajstić information content (AvgIpc) is 2.55. The van der Waals surface area contributed by atoms with Crippen molar-refractivity contribution in [2.75, 3.05) is 18.5 Å². The van der Waals surface area contributed by atoms with Crippen molar-refractivity contribution < 1.29 is 14.6 Å². The Balaban J connectivity index is 1.66. The van der Waals surface area contributed by atoms with E-state index >= 15 is 0 Å². The zero-order valence-corrected chi connectivity index (χ0v) is 12.1. The summed E-state index contributed by atoms with van der Waals surface area (Å²) >= 11 is 0. The molecule has 0 spiro atoms. The van der Waals surface area contributed by atoms with E-state index in [0.29, 0.717) is 12.3 Å². The monoisotopic (exact) mass is 290 g/mol. The van der Waals surface area contributed by atoms with Crippen LogP contribution in [0.2, 0.25) is 0 Å². The number of carbonyl (C=O) groups is 1. The van der Waals surface area contributed by atoms with Crippen LogP contribution >= 0.6 is 0 Å². The molecular weight excluding hydrogens is 268 g/mol. The molecule has 1 heterocycles. The van der Waals surface area contributed by atoms with Crippen LogP contribution in [0.15, 0.2) is 24.3 Å². The van der Waals surface area contributed by atoms with Crippen molar-refractivity contribution in [1.82, 2.24) is 5.32 Å². The number of hydrogen-bond donors (Lipinski definition) is 3. The molecule has 1 aliphatic heterocycles. The molecule has 0 aromatic heterocycles. The molecule has 1 fully saturated rings. The predicted molar refractivity (Wildman–Crippen MR) is 80.4 cm³/mol. The number of para-hydroxylation sites is 2. The number of nitrogens with one attached hydrogen (secondary N) is 2. The van der Waals surface area contributed by atoms with Gasteiger partial charge in [-0.25, -0.2) is 0 Å². The number of anilines is 1. The first kappa shape index (κ1) is 14.2. The van der Waals surface area contributed by atoms with E-state index in [9.17, 15) is 9.90 Å². The highest BCUT2D eigenvalue weighted by molar-refractivity contribution is 5.83. The van der Waals surface area contributed by atoms with Crippen LogP contribution in [0.1, 0.15) is 32.1 Å². The largest absolute Gasteiger partial charge is 0.477 e. The lowest BCUT2D eigenvalue weighted by Crippen LogP contribution is -2.57. The maximum Gasteiger partial charge on any atom is 0.263 e. The van der Waals surface area contributed by atoms with E-state index in [2.05, 4.69) is 10.6 Å². The molecule has 3 rings (SSSR count). The van der Waals surface area contributed by atoms with E-state index in [1.807, 2.05) is 24.3 Å². The molecule has 21 heavy (non-hydrogen) atoms. The van der Waals surface area contributed by atoms with Gasteiger partial charge in [0.1, 0.15) is 5.75 Å². The first-order valence-electron chi connectivity index (χ1n) is 7.65. The number of fused-ring (bicyclic) bond motifs is 1. The quantitative estimate of drug-likeness (QED) is 0.792. The second-order valence-corrected chi connectivity index (χ2v) is 5.97. The third-order valence-corrected chi connectivity index (χ3v) is 4.43. The summed E-state index contributed by atoms with van der Waals surface area (Å²) in [5, 5.41) is 15.9. The predicted octanol–water partition coefficient (Wildman–Crippen LogP) is 1.67. The molecule has 0 saturated heterocycles. The minimum atomic E-state index is -0.551. The molecule has 1 unspecified atom stereocenters. The third kappa shape index (κ3) is 2.97. The van der Waals surface area contributed by atoms with Gasteiger partial charge in [-0.2, -0.15) is 0 Å². The van der Waals surface area contributed by atoms with Crippen LogP contribution in [0, 0.1) is 0 Å². The van der Waals surface area contributed by atoms with Gasteiger partial charge in [-0.05, 0) is 25.0 Å². The Morgan fingerprint density at radius 3 is 2.86 bits per heavy atom. The van der Waals surface area contributed by atoms with Gasteiger partial charge in [0.05, 0.1) is 24.4 Å². The minimum absolute atomic E-state index is 0.00449. The SMILES string of the molecule is O=C(NC1(CO)CCCCC1)C1CNc2ccccc2O1. The minimum Gasteiger partial charge on any atom is -0.477 e.